The number of hydrogen-bond donors (Lipinski definition) is 0. The molecule has 1 aliphatic carbocycles. The van der Waals surface area contributed by atoms with Gasteiger partial charge in [-0.25, -0.2) is 0 Å². The van der Waals surface area contributed by atoms with E-state index in [4.69, 9.17) is 4.74 Å². The van der Waals surface area contributed by atoms with Crippen molar-refractivity contribution in [2.45, 2.75) is 52.4 Å². The first kappa shape index (κ1) is 16.7. The maximum Gasteiger partial charge on any atom is 0.336 e. The van der Waals surface area contributed by atoms with Crippen LogP contribution in [0.2, 0.25) is 0 Å². The van der Waals surface area contributed by atoms with E-state index in [0.717, 1.165) is 24.8 Å². The fourth-order valence-corrected chi connectivity index (χ4v) is 2.77. The average molecular weight is 327 g/mol. The van der Waals surface area contributed by atoms with Crippen molar-refractivity contribution >= 4 is 5.91 Å². The maximum atomic E-state index is 12.7. The molecular weight excluding hydrogens is 302 g/mol. The summed E-state index contributed by atoms with van der Waals surface area (Å²) in [6, 6.07) is 8.45. The van der Waals surface area contributed by atoms with Gasteiger partial charge in [-0.15, -0.1) is 5.10 Å². The minimum absolute atomic E-state index is 0.0228. The minimum atomic E-state index is 0.0228. The van der Waals surface area contributed by atoms with Crippen LogP contribution in [0.4, 0.5) is 0 Å². The van der Waals surface area contributed by atoms with Crippen LogP contribution in [0.25, 0.3) is 11.4 Å². The summed E-state index contributed by atoms with van der Waals surface area (Å²) in [5.41, 5.74) is 2.21. The van der Waals surface area contributed by atoms with E-state index in [1.165, 1.54) is 10.2 Å². The van der Waals surface area contributed by atoms with Gasteiger partial charge in [-0.05, 0) is 30.7 Å². The number of carbonyl (C=O) groups excluding carboxylic acids is 1. The molecule has 0 N–H and O–H groups in total. The van der Waals surface area contributed by atoms with E-state index in [0.29, 0.717) is 12.4 Å². The lowest BCUT2D eigenvalue weighted by Gasteiger charge is -2.23. The van der Waals surface area contributed by atoms with Crippen molar-refractivity contribution in [1.82, 2.24) is 14.8 Å². The zero-order valence-corrected chi connectivity index (χ0v) is 14.9. The van der Waals surface area contributed by atoms with Gasteiger partial charge in [-0.1, -0.05) is 51.5 Å². The Bertz CT molecular complexity index is 722. The summed E-state index contributed by atoms with van der Waals surface area (Å²) in [6.07, 6.45) is 2.98. The van der Waals surface area contributed by atoms with Gasteiger partial charge in [0.15, 0.2) is 5.82 Å². The second-order valence-corrected chi connectivity index (χ2v) is 7.36. The van der Waals surface area contributed by atoms with Crippen molar-refractivity contribution in [2.24, 2.45) is 5.92 Å². The Morgan fingerprint density at radius 3 is 2.42 bits per heavy atom. The lowest BCUT2D eigenvalue weighted by atomic mass is 9.85. The van der Waals surface area contributed by atoms with E-state index in [-0.39, 0.29) is 23.3 Å². The Morgan fingerprint density at radius 1 is 1.25 bits per heavy atom. The molecule has 0 bridgehead atoms. The molecule has 0 saturated heterocycles. The molecule has 1 heterocycles. The van der Waals surface area contributed by atoms with Gasteiger partial charge in [0.1, 0.15) is 0 Å². The lowest BCUT2D eigenvalue weighted by molar-refractivity contribution is 0.0747. The summed E-state index contributed by atoms with van der Waals surface area (Å²) >= 11 is 0. The highest BCUT2D eigenvalue weighted by Gasteiger charge is 2.30. The van der Waals surface area contributed by atoms with Crippen molar-refractivity contribution in [3.8, 4) is 17.4 Å². The highest BCUT2D eigenvalue weighted by molar-refractivity contribution is 5.85. The van der Waals surface area contributed by atoms with E-state index in [9.17, 15) is 4.79 Å². The third-order valence-corrected chi connectivity index (χ3v) is 4.53. The fourth-order valence-electron chi connectivity index (χ4n) is 2.77. The summed E-state index contributed by atoms with van der Waals surface area (Å²) in [7, 11) is 0. The van der Waals surface area contributed by atoms with Gasteiger partial charge in [0.2, 0.25) is 0 Å². The first-order chi connectivity index (χ1) is 11.4. The number of carbonyl (C=O) groups is 1. The number of rotatable bonds is 4. The second kappa shape index (κ2) is 6.38. The first-order valence-corrected chi connectivity index (χ1v) is 8.65. The highest BCUT2D eigenvalue weighted by atomic mass is 16.5. The fraction of sp³-hybridized carbons (Fsp3) is 0.526. The molecule has 5 nitrogen and oxygen atoms in total. The molecule has 0 atom stereocenters. The maximum absolute atomic E-state index is 12.7. The summed E-state index contributed by atoms with van der Waals surface area (Å²) < 4.78 is 6.84. The van der Waals surface area contributed by atoms with E-state index < -0.39 is 0 Å². The Hall–Kier alpha value is -2.17. The molecule has 0 radical (unpaired) electrons. The van der Waals surface area contributed by atoms with Crippen molar-refractivity contribution in [2.75, 3.05) is 6.61 Å². The summed E-state index contributed by atoms with van der Waals surface area (Å²) in [5.74, 6) is 0.652. The SMILES string of the molecule is CCOc1nc(-c2ccc(C(C)(C)C)cc2)n(C(=O)C2CCC2)n1. The average Bonchev–Trinajstić information content (AvgIpc) is 2.89. The van der Waals surface area contributed by atoms with E-state index >= 15 is 0 Å². The van der Waals surface area contributed by atoms with Gasteiger partial charge in [-0.3, -0.25) is 4.79 Å². The standard InChI is InChI=1S/C19H25N3O2/c1-5-24-18-20-16(22(21-18)17(23)14-7-6-8-14)13-9-11-15(12-10-13)19(2,3)4/h9-12,14H,5-8H2,1-4H3. The molecule has 1 aliphatic rings. The Kier molecular flexibility index (Phi) is 4.43. The molecule has 1 aromatic carbocycles. The van der Waals surface area contributed by atoms with Crippen LogP contribution in [0.1, 0.15) is 57.3 Å². The van der Waals surface area contributed by atoms with Gasteiger partial charge in [0, 0.05) is 11.5 Å². The number of ether oxygens (including phenoxy) is 1. The molecule has 24 heavy (non-hydrogen) atoms. The highest BCUT2D eigenvalue weighted by Crippen LogP contribution is 2.31. The third-order valence-electron chi connectivity index (χ3n) is 4.53. The topological polar surface area (TPSA) is 57.0 Å². The summed E-state index contributed by atoms with van der Waals surface area (Å²) in [6.45, 7) is 8.89. The Balaban J connectivity index is 1.97. The van der Waals surface area contributed by atoms with Crippen molar-refractivity contribution in [1.29, 1.82) is 0 Å². The van der Waals surface area contributed by atoms with Crippen molar-refractivity contribution in [3.05, 3.63) is 29.8 Å². The molecule has 0 spiro atoms. The van der Waals surface area contributed by atoms with Crippen LogP contribution in [0.5, 0.6) is 6.01 Å². The molecule has 3 rings (SSSR count). The van der Waals surface area contributed by atoms with Gasteiger partial charge in [0.05, 0.1) is 6.61 Å². The molecule has 1 saturated carbocycles. The summed E-state index contributed by atoms with van der Waals surface area (Å²) in [4.78, 5) is 17.1. The Morgan fingerprint density at radius 2 is 1.92 bits per heavy atom. The van der Waals surface area contributed by atoms with Crippen LogP contribution in [0, 0.1) is 5.92 Å². The molecule has 128 valence electrons. The number of aromatic nitrogens is 3. The van der Waals surface area contributed by atoms with Crippen LogP contribution in [0.15, 0.2) is 24.3 Å². The predicted octanol–water partition coefficient (Wildman–Crippen LogP) is 4.08. The molecule has 2 aromatic rings. The lowest BCUT2D eigenvalue weighted by Crippen LogP contribution is -2.28. The normalized spacial score (nSPS) is 15.2. The molecule has 1 aromatic heterocycles. The van der Waals surface area contributed by atoms with E-state index in [1.807, 2.05) is 19.1 Å². The smallest absolute Gasteiger partial charge is 0.336 e. The zero-order chi connectivity index (χ0) is 17.3. The Labute approximate surface area is 143 Å². The van der Waals surface area contributed by atoms with E-state index in [2.05, 4.69) is 43.0 Å². The number of benzene rings is 1. The third kappa shape index (κ3) is 3.21. The predicted molar refractivity (Wildman–Crippen MR) is 93.3 cm³/mol. The van der Waals surface area contributed by atoms with Crippen LogP contribution in [-0.2, 0) is 5.41 Å². The van der Waals surface area contributed by atoms with Crippen LogP contribution in [-0.4, -0.2) is 27.3 Å². The van der Waals surface area contributed by atoms with Crippen molar-refractivity contribution < 1.29 is 9.53 Å². The minimum Gasteiger partial charge on any atom is -0.463 e. The molecule has 5 heteroatoms. The summed E-state index contributed by atoms with van der Waals surface area (Å²) in [5, 5.41) is 4.28. The van der Waals surface area contributed by atoms with Crippen molar-refractivity contribution in [3.63, 3.8) is 0 Å². The second-order valence-electron chi connectivity index (χ2n) is 7.36. The number of hydrogen-bond acceptors (Lipinski definition) is 4. The van der Waals surface area contributed by atoms with Crippen LogP contribution in [0.3, 0.4) is 0 Å². The molecule has 1 fully saturated rings. The molecular formula is C19H25N3O2. The first-order valence-electron chi connectivity index (χ1n) is 8.65. The van der Waals surface area contributed by atoms with Gasteiger partial charge in [-0.2, -0.15) is 9.67 Å². The largest absolute Gasteiger partial charge is 0.463 e. The van der Waals surface area contributed by atoms with Gasteiger partial charge < -0.3 is 4.74 Å². The monoisotopic (exact) mass is 327 g/mol. The molecule has 0 unspecified atom stereocenters. The van der Waals surface area contributed by atoms with Crippen LogP contribution >= 0.6 is 0 Å². The van der Waals surface area contributed by atoms with Gasteiger partial charge >= 0.3 is 6.01 Å². The quantitative estimate of drug-likeness (QED) is 0.849. The van der Waals surface area contributed by atoms with E-state index in [1.54, 1.807) is 0 Å². The zero-order valence-electron chi connectivity index (χ0n) is 14.9. The molecule has 0 amide bonds. The molecule has 0 aliphatic heterocycles. The number of nitrogens with zero attached hydrogens (tertiary/aromatic N) is 3. The van der Waals surface area contributed by atoms with Crippen LogP contribution < -0.4 is 4.74 Å². The van der Waals surface area contributed by atoms with Gasteiger partial charge in [0.25, 0.3) is 5.91 Å².